The van der Waals surface area contributed by atoms with Crippen LogP contribution in [0.1, 0.15) is 34.8 Å². The molecule has 0 aliphatic heterocycles. The summed E-state index contributed by atoms with van der Waals surface area (Å²) in [4.78, 5) is 12.7. The van der Waals surface area contributed by atoms with Crippen molar-refractivity contribution in [3.63, 3.8) is 0 Å². The molecule has 0 bridgehead atoms. The molecular weight excluding hydrogens is 326 g/mol. The number of benzene rings is 2. The standard InChI is InChI=1S/C19H20ClNO3/c1-23-16-11-14(10-15(20)18(16)24-2)19(22)21-17(13-8-9-13)12-6-4-3-5-7-12/h3-7,10-11,13,17H,8-9H2,1-2H3,(H,21,22). The van der Waals surface area contributed by atoms with Crippen LogP contribution in [-0.4, -0.2) is 20.1 Å². The maximum Gasteiger partial charge on any atom is 0.251 e. The van der Waals surface area contributed by atoms with E-state index in [1.807, 2.05) is 30.3 Å². The minimum absolute atomic E-state index is 0.0190. The fraction of sp³-hybridized carbons (Fsp3) is 0.316. The molecule has 2 aromatic carbocycles. The van der Waals surface area contributed by atoms with Crippen molar-refractivity contribution in [2.45, 2.75) is 18.9 Å². The lowest BCUT2D eigenvalue weighted by molar-refractivity contribution is 0.0931. The summed E-state index contributed by atoms with van der Waals surface area (Å²) < 4.78 is 10.5. The second kappa shape index (κ2) is 7.14. The second-order valence-electron chi connectivity index (χ2n) is 5.89. The first-order valence-corrected chi connectivity index (χ1v) is 8.29. The predicted molar refractivity (Wildman–Crippen MR) is 93.9 cm³/mol. The number of hydrogen-bond donors (Lipinski definition) is 1. The maximum absolute atomic E-state index is 12.7. The summed E-state index contributed by atoms with van der Waals surface area (Å²) >= 11 is 6.20. The van der Waals surface area contributed by atoms with Crippen LogP contribution in [0.3, 0.4) is 0 Å². The van der Waals surface area contributed by atoms with Crippen LogP contribution in [0.4, 0.5) is 0 Å². The number of ether oxygens (including phenoxy) is 2. The third kappa shape index (κ3) is 3.49. The Morgan fingerprint density at radius 2 is 1.88 bits per heavy atom. The van der Waals surface area contributed by atoms with Gasteiger partial charge in [0.25, 0.3) is 5.91 Å². The molecule has 1 atom stereocenters. The summed E-state index contributed by atoms with van der Waals surface area (Å²) in [6.07, 6.45) is 2.26. The van der Waals surface area contributed by atoms with Crippen molar-refractivity contribution >= 4 is 17.5 Å². The summed E-state index contributed by atoms with van der Waals surface area (Å²) in [6, 6.07) is 13.3. The number of carbonyl (C=O) groups excluding carboxylic acids is 1. The number of hydrogen-bond acceptors (Lipinski definition) is 3. The lowest BCUT2D eigenvalue weighted by Crippen LogP contribution is -2.29. The normalized spacial score (nSPS) is 14.8. The van der Waals surface area contributed by atoms with Crippen molar-refractivity contribution in [3.8, 4) is 11.5 Å². The molecule has 0 radical (unpaired) electrons. The van der Waals surface area contributed by atoms with Crippen LogP contribution in [0.5, 0.6) is 11.5 Å². The molecule has 0 spiro atoms. The van der Waals surface area contributed by atoms with E-state index in [1.54, 1.807) is 12.1 Å². The van der Waals surface area contributed by atoms with Crippen molar-refractivity contribution in [1.82, 2.24) is 5.32 Å². The van der Waals surface area contributed by atoms with Crippen molar-refractivity contribution in [3.05, 3.63) is 58.6 Å². The molecule has 0 saturated heterocycles. The van der Waals surface area contributed by atoms with Gasteiger partial charge in [0.05, 0.1) is 25.3 Å². The number of rotatable bonds is 6. The molecule has 1 N–H and O–H groups in total. The number of amides is 1. The third-order valence-corrected chi connectivity index (χ3v) is 4.52. The molecule has 5 heteroatoms. The molecule has 24 heavy (non-hydrogen) atoms. The van der Waals surface area contributed by atoms with Gasteiger partial charge < -0.3 is 14.8 Å². The molecule has 4 nitrogen and oxygen atoms in total. The lowest BCUT2D eigenvalue weighted by atomic mass is 10.0. The van der Waals surface area contributed by atoms with Gasteiger partial charge in [-0.05, 0) is 36.5 Å². The van der Waals surface area contributed by atoms with Crippen LogP contribution in [-0.2, 0) is 0 Å². The van der Waals surface area contributed by atoms with Crippen molar-refractivity contribution < 1.29 is 14.3 Å². The first-order chi connectivity index (χ1) is 11.6. The Morgan fingerprint density at radius 3 is 2.46 bits per heavy atom. The van der Waals surface area contributed by atoms with E-state index in [2.05, 4.69) is 5.32 Å². The number of halogens is 1. The average molecular weight is 346 g/mol. The van der Waals surface area contributed by atoms with E-state index in [0.717, 1.165) is 18.4 Å². The van der Waals surface area contributed by atoms with E-state index >= 15 is 0 Å². The van der Waals surface area contributed by atoms with E-state index in [1.165, 1.54) is 14.2 Å². The van der Waals surface area contributed by atoms with E-state index in [0.29, 0.717) is 28.0 Å². The summed E-state index contributed by atoms with van der Waals surface area (Å²) in [5.41, 5.74) is 1.58. The molecule has 2 aromatic rings. The van der Waals surface area contributed by atoms with Crippen LogP contribution in [0.2, 0.25) is 5.02 Å². The Hall–Kier alpha value is -2.20. The minimum Gasteiger partial charge on any atom is -0.493 e. The zero-order valence-corrected chi connectivity index (χ0v) is 14.5. The molecule has 1 amide bonds. The Bertz CT molecular complexity index is 729. The van der Waals surface area contributed by atoms with Gasteiger partial charge in [-0.25, -0.2) is 0 Å². The van der Waals surface area contributed by atoms with E-state index in [-0.39, 0.29) is 11.9 Å². The molecule has 3 rings (SSSR count). The summed E-state index contributed by atoms with van der Waals surface area (Å²) in [5, 5.41) is 3.49. The van der Waals surface area contributed by atoms with Crippen LogP contribution in [0.15, 0.2) is 42.5 Å². The highest BCUT2D eigenvalue weighted by atomic mass is 35.5. The van der Waals surface area contributed by atoms with Crippen LogP contribution < -0.4 is 14.8 Å². The molecule has 1 aliphatic carbocycles. The predicted octanol–water partition coefficient (Wildman–Crippen LogP) is 4.24. The topological polar surface area (TPSA) is 47.6 Å². The molecule has 1 saturated carbocycles. The molecular formula is C19H20ClNO3. The number of carbonyl (C=O) groups is 1. The SMILES string of the molecule is COc1cc(C(=O)NC(c2ccccc2)C2CC2)cc(Cl)c1OC. The van der Waals surface area contributed by atoms with Gasteiger partial charge in [-0.15, -0.1) is 0 Å². The van der Waals surface area contributed by atoms with E-state index in [9.17, 15) is 4.79 Å². The Labute approximate surface area is 146 Å². The van der Waals surface area contributed by atoms with Gasteiger partial charge >= 0.3 is 0 Å². The third-order valence-electron chi connectivity index (χ3n) is 4.23. The molecule has 1 aliphatic rings. The van der Waals surface area contributed by atoms with Crippen LogP contribution in [0.25, 0.3) is 0 Å². The van der Waals surface area contributed by atoms with E-state index in [4.69, 9.17) is 21.1 Å². The van der Waals surface area contributed by atoms with Crippen LogP contribution in [0, 0.1) is 5.92 Å². The van der Waals surface area contributed by atoms with Gasteiger partial charge in [0.15, 0.2) is 11.5 Å². The maximum atomic E-state index is 12.7. The van der Waals surface area contributed by atoms with Gasteiger partial charge in [-0.3, -0.25) is 4.79 Å². The molecule has 126 valence electrons. The summed E-state index contributed by atoms with van der Waals surface area (Å²) in [5.74, 6) is 1.20. The summed E-state index contributed by atoms with van der Waals surface area (Å²) in [7, 11) is 3.04. The zero-order valence-electron chi connectivity index (χ0n) is 13.7. The van der Waals surface area contributed by atoms with Crippen LogP contribution >= 0.6 is 11.6 Å². The fourth-order valence-corrected chi connectivity index (χ4v) is 3.12. The molecule has 1 fully saturated rings. The van der Waals surface area contributed by atoms with Crippen molar-refractivity contribution in [2.75, 3.05) is 14.2 Å². The first-order valence-electron chi connectivity index (χ1n) is 7.91. The highest BCUT2D eigenvalue weighted by molar-refractivity contribution is 6.32. The zero-order chi connectivity index (χ0) is 17.1. The Balaban J connectivity index is 1.85. The van der Waals surface area contributed by atoms with Gasteiger partial charge in [0, 0.05) is 5.56 Å². The highest BCUT2D eigenvalue weighted by Gasteiger charge is 2.33. The fourth-order valence-electron chi connectivity index (χ4n) is 2.84. The first kappa shape index (κ1) is 16.7. The largest absolute Gasteiger partial charge is 0.493 e. The van der Waals surface area contributed by atoms with E-state index < -0.39 is 0 Å². The Kier molecular flexibility index (Phi) is 4.95. The smallest absolute Gasteiger partial charge is 0.251 e. The molecule has 1 unspecified atom stereocenters. The van der Waals surface area contributed by atoms with Crippen molar-refractivity contribution in [2.24, 2.45) is 5.92 Å². The van der Waals surface area contributed by atoms with Gasteiger partial charge in [0.2, 0.25) is 0 Å². The highest BCUT2D eigenvalue weighted by Crippen LogP contribution is 2.41. The number of methoxy groups -OCH3 is 2. The lowest BCUT2D eigenvalue weighted by Gasteiger charge is -2.19. The van der Waals surface area contributed by atoms with Gasteiger partial charge in [0.1, 0.15) is 0 Å². The van der Waals surface area contributed by atoms with Gasteiger partial charge in [-0.2, -0.15) is 0 Å². The monoisotopic (exact) mass is 345 g/mol. The minimum atomic E-state index is -0.168. The quantitative estimate of drug-likeness (QED) is 0.851. The molecule has 0 heterocycles. The Morgan fingerprint density at radius 1 is 1.17 bits per heavy atom. The van der Waals surface area contributed by atoms with Gasteiger partial charge in [-0.1, -0.05) is 41.9 Å². The van der Waals surface area contributed by atoms with Crippen molar-refractivity contribution in [1.29, 1.82) is 0 Å². The average Bonchev–Trinajstić information content (AvgIpc) is 3.44. The summed E-state index contributed by atoms with van der Waals surface area (Å²) in [6.45, 7) is 0. The molecule has 0 aromatic heterocycles. The second-order valence-corrected chi connectivity index (χ2v) is 6.30. The number of nitrogens with one attached hydrogen (secondary N) is 1.